The van der Waals surface area contributed by atoms with E-state index in [1.165, 1.54) is 6.42 Å². The molecule has 3 nitrogen and oxygen atoms in total. The number of pyridine rings is 1. The first-order valence-corrected chi connectivity index (χ1v) is 7.12. The summed E-state index contributed by atoms with van der Waals surface area (Å²) in [6, 6.07) is 4.68. The van der Waals surface area contributed by atoms with E-state index >= 15 is 0 Å². The van der Waals surface area contributed by atoms with Gasteiger partial charge in [0.05, 0.1) is 0 Å². The molecule has 1 unspecified atom stereocenters. The number of aromatic nitrogens is 1. The second kappa shape index (κ2) is 5.89. The van der Waals surface area contributed by atoms with Crippen molar-refractivity contribution in [1.82, 2.24) is 9.88 Å². The summed E-state index contributed by atoms with van der Waals surface area (Å²) >= 11 is 5.95. The van der Waals surface area contributed by atoms with E-state index in [0.29, 0.717) is 11.9 Å². The molecule has 2 heterocycles. The van der Waals surface area contributed by atoms with Crippen molar-refractivity contribution in [2.24, 2.45) is 0 Å². The van der Waals surface area contributed by atoms with Gasteiger partial charge < -0.3 is 9.80 Å². The summed E-state index contributed by atoms with van der Waals surface area (Å²) < 4.78 is 0. The van der Waals surface area contributed by atoms with Gasteiger partial charge in [-0.1, -0.05) is 0 Å². The second-order valence-electron chi connectivity index (χ2n) is 5.27. The van der Waals surface area contributed by atoms with Crippen LogP contribution in [-0.4, -0.2) is 42.6 Å². The summed E-state index contributed by atoms with van der Waals surface area (Å²) in [7, 11) is 2.19. The fraction of sp³-hybridized carbons (Fsp3) is 0.643. The average Bonchev–Trinajstić information content (AvgIpc) is 2.49. The van der Waals surface area contributed by atoms with Crippen molar-refractivity contribution < 1.29 is 0 Å². The fourth-order valence-electron chi connectivity index (χ4n) is 2.66. The Morgan fingerprint density at radius 1 is 1.39 bits per heavy atom. The number of halogens is 1. The van der Waals surface area contributed by atoms with Crippen LogP contribution < -0.4 is 4.90 Å². The molecule has 18 heavy (non-hydrogen) atoms. The largest absolute Gasteiger partial charge is 0.353 e. The number of anilines is 1. The van der Waals surface area contributed by atoms with Crippen LogP contribution in [0.25, 0.3) is 0 Å². The monoisotopic (exact) mass is 267 g/mol. The predicted octanol–water partition coefficient (Wildman–Crippen LogP) is 2.66. The van der Waals surface area contributed by atoms with E-state index in [0.717, 1.165) is 36.7 Å². The van der Waals surface area contributed by atoms with Crippen molar-refractivity contribution in [3.63, 3.8) is 0 Å². The molecule has 2 rings (SSSR count). The minimum Gasteiger partial charge on any atom is -0.353 e. The predicted molar refractivity (Wildman–Crippen MR) is 77.5 cm³/mol. The van der Waals surface area contributed by atoms with Gasteiger partial charge in [-0.15, -0.1) is 11.6 Å². The van der Waals surface area contributed by atoms with E-state index < -0.39 is 0 Å². The minimum atomic E-state index is 0.495. The third-order valence-electron chi connectivity index (χ3n) is 3.50. The SMILES string of the molecule is Cc1cc(CCl)cc(N2CCCN(C)CC2C)n1. The average molecular weight is 268 g/mol. The van der Waals surface area contributed by atoms with E-state index in [9.17, 15) is 0 Å². The van der Waals surface area contributed by atoms with Gasteiger partial charge >= 0.3 is 0 Å². The molecule has 0 N–H and O–H groups in total. The molecule has 1 saturated heterocycles. The Labute approximate surface area is 115 Å². The van der Waals surface area contributed by atoms with Crippen LogP contribution in [0.1, 0.15) is 24.6 Å². The summed E-state index contributed by atoms with van der Waals surface area (Å²) in [6.45, 7) is 7.63. The Morgan fingerprint density at radius 3 is 2.89 bits per heavy atom. The quantitative estimate of drug-likeness (QED) is 0.768. The van der Waals surface area contributed by atoms with Crippen LogP contribution in [0.15, 0.2) is 12.1 Å². The Bertz CT molecular complexity index is 408. The van der Waals surface area contributed by atoms with Crippen molar-refractivity contribution in [2.75, 3.05) is 31.6 Å². The van der Waals surface area contributed by atoms with Gasteiger partial charge in [0.1, 0.15) is 5.82 Å². The van der Waals surface area contributed by atoms with E-state index in [4.69, 9.17) is 11.6 Å². The lowest BCUT2D eigenvalue weighted by Crippen LogP contribution is -2.38. The molecule has 0 aromatic carbocycles. The van der Waals surface area contributed by atoms with Crippen molar-refractivity contribution in [3.05, 3.63) is 23.4 Å². The number of rotatable bonds is 2. The summed E-state index contributed by atoms with van der Waals surface area (Å²) in [4.78, 5) is 9.47. The zero-order valence-electron chi connectivity index (χ0n) is 11.5. The number of likely N-dealkylation sites (N-methyl/N-ethyl adjacent to an activating group) is 1. The molecule has 0 radical (unpaired) electrons. The molecule has 0 bridgehead atoms. The minimum absolute atomic E-state index is 0.495. The number of aryl methyl sites for hydroxylation is 1. The first-order chi connectivity index (χ1) is 8.60. The van der Waals surface area contributed by atoms with Crippen LogP contribution in [0.3, 0.4) is 0 Å². The highest BCUT2D eigenvalue weighted by molar-refractivity contribution is 6.17. The molecular formula is C14H22ClN3. The van der Waals surface area contributed by atoms with E-state index in [1.54, 1.807) is 0 Å². The highest BCUT2D eigenvalue weighted by Crippen LogP contribution is 2.21. The van der Waals surface area contributed by atoms with Gasteiger partial charge in [0.15, 0.2) is 0 Å². The zero-order chi connectivity index (χ0) is 13.1. The van der Waals surface area contributed by atoms with Gasteiger partial charge in [-0.2, -0.15) is 0 Å². The number of hydrogen-bond donors (Lipinski definition) is 0. The van der Waals surface area contributed by atoms with Crippen molar-refractivity contribution in [3.8, 4) is 0 Å². The van der Waals surface area contributed by atoms with Crippen LogP contribution in [0, 0.1) is 6.92 Å². The number of nitrogens with zero attached hydrogens (tertiary/aromatic N) is 3. The lowest BCUT2D eigenvalue weighted by molar-refractivity contribution is 0.337. The molecule has 0 saturated carbocycles. The number of hydrogen-bond acceptors (Lipinski definition) is 3. The Kier molecular flexibility index (Phi) is 4.46. The maximum Gasteiger partial charge on any atom is 0.129 e. The molecule has 0 aliphatic carbocycles. The second-order valence-corrected chi connectivity index (χ2v) is 5.53. The molecule has 1 aliphatic heterocycles. The molecule has 1 aromatic heterocycles. The van der Waals surface area contributed by atoms with Gasteiger partial charge in [0.2, 0.25) is 0 Å². The Balaban J connectivity index is 2.26. The van der Waals surface area contributed by atoms with Crippen LogP contribution in [0.2, 0.25) is 0 Å². The lowest BCUT2D eigenvalue weighted by Gasteiger charge is -2.29. The van der Waals surface area contributed by atoms with Crippen LogP contribution in [0.4, 0.5) is 5.82 Å². The third-order valence-corrected chi connectivity index (χ3v) is 3.80. The molecule has 1 aromatic rings. The maximum absolute atomic E-state index is 5.95. The van der Waals surface area contributed by atoms with Crippen molar-refractivity contribution >= 4 is 17.4 Å². The smallest absolute Gasteiger partial charge is 0.129 e. The van der Waals surface area contributed by atoms with Crippen molar-refractivity contribution in [1.29, 1.82) is 0 Å². The van der Waals surface area contributed by atoms with Crippen LogP contribution >= 0.6 is 11.6 Å². The molecule has 1 aliphatic rings. The van der Waals surface area contributed by atoms with Crippen molar-refractivity contribution in [2.45, 2.75) is 32.2 Å². The maximum atomic E-state index is 5.95. The third kappa shape index (κ3) is 3.15. The molecule has 0 spiro atoms. The van der Waals surface area contributed by atoms with Gasteiger partial charge in [-0.25, -0.2) is 4.98 Å². The molecule has 1 fully saturated rings. The van der Waals surface area contributed by atoms with Gasteiger partial charge in [-0.05, 0) is 51.6 Å². The Hall–Kier alpha value is -0.800. The Morgan fingerprint density at radius 2 is 2.17 bits per heavy atom. The van der Waals surface area contributed by atoms with Gasteiger partial charge in [-0.3, -0.25) is 0 Å². The summed E-state index contributed by atoms with van der Waals surface area (Å²) in [6.07, 6.45) is 1.19. The van der Waals surface area contributed by atoms with E-state index in [1.807, 2.05) is 6.92 Å². The summed E-state index contributed by atoms with van der Waals surface area (Å²) in [5, 5.41) is 0. The van der Waals surface area contributed by atoms with Gasteiger partial charge in [0.25, 0.3) is 0 Å². The van der Waals surface area contributed by atoms with Crippen LogP contribution in [0.5, 0.6) is 0 Å². The zero-order valence-corrected chi connectivity index (χ0v) is 12.2. The van der Waals surface area contributed by atoms with E-state index in [2.05, 4.69) is 40.9 Å². The fourth-order valence-corrected chi connectivity index (χ4v) is 2.81. The normalized spacial score (nSPS) is 22.0. The topological polar surface area (TPSA) is 19.4 Å². The highest BCUT2D eigenvalue weighted by atomic mass is 35.5. The molecule has 0 amide bonds. The number of alkyl halides is 1. The molecule has 4 heteroatoms. The van der Waals surface area contributed by atoms with E-state index in [-0.39, 0.29) is 0 Å². The molecule has 100 valence electrons. The lowest BCUT2D eigenvalue weighted by atomic mass is 10.2. The highest BCUT2D eigenvalue weighted by Gasteiger charge is 2.21. The molecular weight excluding hydrogens is 246 g/mol. The summed E-state index contributed by atoms with van der Waals surface area (Å²) in [5.74, 6) is 1.63. The first kappa shape index (κ1) is 13.6. The molecule has 1 atom stereocenters. The first-order valence-electron chi connectivity index (χ1n) is 6.59. The van der Waals surface area contributed by atoms with Crippen LogP contribution in [-0.2, 0) is 5.88 Å². The van der Waals surface area contributed by atoms with Gasteiger partial charge in [0, 0.05) is 30.7 Å². The summed E-state index contributed by atoms with van der Waals surface area (Å²) in [5.41, 5.74) is 2.21. The standard InChI is InChI=1S/C14H22ClN3/c1-11-7-13(9-15)8-14(16-11)18-6-4-5-17(3)10-12(18)2/h7-8,12H,4-6,9-10H2,1-3H3.